The molecule has 11 heteroatoms. The quantitative estimate of drug-likeness (QED) is 0.245. The van der Waals surface area contributed by atoms with Gasteiger partial charge in [0.25, 0.3) is 11.8 Å². The SMILES string of the molecule is C[N-]/C(=C\C(N)=NC(=O)C1CC1)c1cncc(-c2cc(NC(=O)c3ccnc(C(C)(C)F)c3)c(F)cc2C)c1.[K+]. The zero-order chi connectivity index (χ0) is 28.3. The predicted molar refractivity (Wildman–Crippen MR) is 147 cm³/mol. The van der Waals surface area contributed by atoms with Gasteiger partial charge in [-0.2, -0.15) is 4.99 Å². The molecule has 2 heterocycles. The predicted octanol–water partition coefficient (Wildman–Crippen LogP) is 2.69. The normalized spacial score (nSPS) is 13.8. The number of hydrogen-bond acceptors (Lipinski definition) is 4. The summed E-state index contributed by atoms with van der Waals surface area (Å²) in [6.07, 6.45) is 7.70. The Morgan fingerprint density at radius 1 is 1.18 bits per heavy atom. The summed E-state index contributed by atoms with van der Waals surface area (Å²) in [5.41, 5.74) is 7.38. The average Bonchev–Trinajstić information content (AvgIpc) is 3.74. The largest absolute Gasteiger partial charge is 1.00 e. The molecule has 8 nitrogen and oxygen atoms in total. The number of nitrogens with two attached hydrogens (primary N) is 1. The topological polar surface area (TPSA) is 124 Å². The Kier molecular flexibility index (Phi) is 10.5. The van der Waals surface area contributed by atoms with Crippen molar-refractivity contribution in [3.05, 3.63) is 88.5 Å². The first-order valence-electron chi connectivity index (χ1n) is 12.4. The van der Waals surface area contributed by atoms with Crippen LogP contribution in [0.1, 0.15) is 53.9 Å². The van der Waals surface area contributed by atoms with Crippen molar-refractivity contribution >= 4 is 29.0 Å². The molecular formula is C29H29F2KN6O2. The van der Waals surface area contributed by atoms with E-state index in [0.29, 0.717) is 28.0 Å². The van der Waals surface area contributed by atoms with Gasteiger partial charge in [-0.3, -0.25) is 19.6 Å². The van der Waals surface area contributed by atoms with Gasteiger partial charge in [0, 0.05) is 35.6 Å². The number of halogens is 2. The Morgan fingerprint density at radius 3 is 2.55 bits per heavy atom. The number of anilines is 1. The van der Waals surface area contributed by atoms with E-state index in [1.165, 1.54) is 50.4 Å². The maximum Gasteiger partial charge on any atom is 1.00 e. The van der Waals surface area contributed by atoms with Crippen LogP contribution in [0.3, 0.4) is 0 Å². The molecular weight excluding hydrogens is 541 g/mol. The van der Waals surface area contributed by atoms with Gasteiger partial charge in [0.1, 0.15) is 17.3 Å². The second kappa shape index (κ2) is 13.2. The Labute approximate surface area is 274 Å². The molecule has 1 aliphatic rings. The fraction of sp³-hybridized carbons (Fsp3) is 0.276. The molecule has 2 amide bonds. The molecule has 0 spiro atoms. The van der Waals surface area contributed by atoms with E-state index in [2.05, 4.69) is 25.6 Å². The van der Waals surface area contributed by atoms with Gasteiger partial charge < -0.3 is 16.4 Å². The summed E-state index contributed by atoms with van der Waals surface area (Å²) in [5.74, 6) is -1.46. The van der Waals surface area contributed by atoms with Gasteiger partial charge in [-0.25, -0.2) is 8.78 Å². The molecule has 4 rings (SSSR count). The van der Waals surface area contributed by atoms with Crippen molar-refractivity contribution in [2.75, 3.05) is 12.4 Å². The molecule has 1 aromatic carbocycles. The van der Waals surface area contributed by atoms with Gasteiger partial charge in [0.2, 0.25) is 0 Å². The van der Waals surface area contributed by atoms with E-state index in [-0.39, 0.29) is 86.0 Å². The van der Waals surface area contributed by atoms with Crippen molar-refractivity contribution in [1.82, 2.24) is 9.97 Å². The third-order valence-corrected chi connectivity index (χ3v) is 6.23. The first-order valence-corrected chi connectivity index (χ1v) is 12.4. The number of aromatic nitrogens is 2. The number of aliphatic imine (C=N–C) groups is 1. The van der Waals surface area contributed by atoms with Crippen LogP contribution in [0, 0.1) is 18.7 Å². The standard InChI is InChI=1S/C29H30F2N6O2.K/c1-16-9-22(30)24(36-28(39)18-7-8-35-25(11-18)29(2,3)31)12-21(16)19-10-20(15-34-14-19)23(33-4)13-26(32)37-27(38)17-5-6-17;/h7-15,17H,5-6H2,1-4H3,(H4,32,33,36,37,38,39);/q;+1/p-1. The van der Waals surface area contributed by atoms with E-state index < -0.39 is 17.4 Å². The van der Waals surface area contributed by atoms with Crippen LogP contribution in [-0.4, -0.2) is 34.7 Å². The number of pyridine rings is 2. The summed E-state index contributed by atoms with van der Waals surface area (Å²) in [4.78, 5) is 37.0. The molecule has 0 unspecified atom stereocenters. The molecule has 1 saturated carbocycles. The third kappa shape index (κ3) is 7.88. The zero-order valence-electron chi connectivity index (χ0n) is 23.1. The Balaban J connectivity index is 0.00000441. The number of carbonyl (C=O) groups excluding carboxylic acids is 2. The molecule has 1 aliphatic carbocycles. The van der Waals surface area contributed by atoms with Gasteiger partial charge in [0.05, 0.1) is 11.4 Å². The van der Waals surface area contributed by atoms with Crippen molar-refractivity contribution in [1.29, 1.82) is 0 Å². The van der Waals surface area contributed by atoms with Crippen LogP contribution in [0.2, 0.25) is 0 Å². The van der Waals surface area contributed by atoms with Crippen LogP contribution < -0.4 is 62.4 Å². The van der Waals surface area contributed by atoms with E-state index >= 15 is 0 Å². The number of carbonyl (C=O) groups is 2. The van der Waals surface area contributed by atoms with Crippen molar-refractivity contribution < 1.29 is 69.8 Å². The van der Waals surface area contributed by atoms with Crippen LogP contribution in [-0.2, 0) is 10.5 Å². The summed E-state index contributed by atoms with van der Waals surface area (Å²) in [6, 6.07) is 7.40. The molecule has 0 atom stereocenters. The van der Waals surface area contributed by atoms with Crippen LogP contribution in [0.5, 0.6) is 0 Å². The van der Waals surface area contributed by atoms with Crippen LogP contribution in [0.4, 0.5) is 14.5 Å². The number of nitrogens with zero attached hydrogens (tertiary/aromatic N) is 4. The third-order valence-electron chi connectivity index (χ3n) is 6.23. The number of rotatable bonds is 8. The number of alkyl halides is 1. The minimum atomic E-state index is -1.74. The molecule has 40 heavy (non-hydrogen) atoms. The zero-order valence-corrected chi connectivity index (χ0v) is 26.2. The molecule has 0 saturated heterocycles. The van der Waals surface area contributed by atoms with E-state index in [1.807, 2.05) is 0 Å². The molecule has 0 aliphatic heterocycles. The van der Waals surface area contributed by atoms with Gasteiger partial charge in [-0.1, -0.05) is 0 Å². The summed E-state index contributed by atoms with van der Waals surface area (Å²) in [5, 5.41) is 6.82. The summed E-state index contributed by atoms with van der Waals surface area (Å²) < 4.78 is 29.2. The molecule has 2 aromatic heterocycles. The number of hydrogen-bond donors (Lipinski definition) is 2. The van der Waals surface area contributed by atoms with Gasteiger partial charge in [0.15, 0.2) is 0 Å². The van der Waals surface area contributed by atoms with Crippen LogP contribution in [0.25, 0.3) is 22.1 Å². The van der Waals surface area contributed by atoms with Gasteiger partial charge in [-0.15, -0.1) is 12.7 Å². The van der Waals surface area contributed by atoms with Crippen molar-refractivity contribution in [2.24, 2.45) is 16.6 Å². The molecule has 0 bridgehead atoms. The first kappa shape index (κ1) is 31.7. The molecule has 0 radical (unpaired) electrons. The smallest absolute Gasteiger partial charge is 0.686 e. The van der Waals surface area contributed by atoms with E-state index in [9.17, 15) is 18.4 Å². The number of aryl methyl sites for hydroxylation is 1. The summed E-state index contributed by atoms with van der Waals surface area (Å²) >= 11 is 0. The second-order valence-electron chi connectivity index (χ2n) is 9.87. The molecule has 3 N–H and O–H groups in total. The Morgan fingerprint density at radius 2 is 1.90 bits per heavy atom. The maximum absolute atomic E-state index is 14.9. The van der Waals surface area contributed by atoms with E-state index in [1.54, 1.807) is 32.4 Å². The van der Waals surface area contributed by atoms with Crippen molar-refractivity contribution in [2.45, 2.75) is 39.3 Å². The fourth-order valence-electron chi connectivity index (χ4n) is 3.90. The Hall–Kier alpha value is -2.83. The Bertz CT molecular complexity index is 1500. The fourth-order valence-corrected chi connectivity index (χ4v) is 3.90. The minimum Gasteiger partial charge on any atom is -0.686 e. The van der Waals surface area contributed by atoms with E-state index in [4.69, 9.17) is 5.73 Å². The molecule has 3 aromatic rings. The number of amidine groups is 1. The average molecular weight is 571 g/mol. The van der Waals surface area contributed by atoms with Crippen molar-refractivity contribution in [3.8, 4) is 11.1 Å². The number of nitrogens with one attached hydrogen (secondary N) is 1. The van der Waals surface area contributed by atoms with Gasteiger partial charge >= 0.3 is 51.4 Å². The number of amides is 2. The molecule has 1 fully saturated rings. The van der Waals surface area contributed by atoms with Crippen LogP contribution in [0.15, 0.2) is 60.0 Å². The van der Waals surface area contributed by atoms with Crippen molar-refractivity contribution in [3.63, 3.8) is 0 Å². The molecule has 202 valence electrons. The number of benzene rings is 1. The monoisotopic (exact) mass is 570 g/mol. The first-order chi connectivity index (χ1) is 18.5. The van der Waals surface area contributed by atoms with E-state index in [0.717, 1.165) is 12.8 Å². The maximum atomic E-state index is 14.9. The summed E-state index contributed by atoms with van der Waals surface area (Å²) in [7, 11) is 1.58. The summed E-state index contributed by atoms with van der Waals surface area (Å²) in [6.45, 7) is 4.42. The van der Waals surface area contributed by atoms with Gasteiger partial charge in [-0.05, 0) is 86.7 Å². The van der Waals surface area contributed by atoms with Crippen LogP contribution >= 0.6 is 0 Å². The minimum absolute atomic E-state index is 0. The second-order valence-corrected chi connectivity index (χ2v) is 9.87.